The van der Waals surface area contributed by atoms with Gasteiger partial charge in [0.1, 0.15) is 23.0 Å². The van der Waals surface area contributed by atoms with Gasteiger partial charge in [-0.25, -0.2) is 4.79 Å². The van der Waals surface area contributed by atoms with Gasteiger partial charge in [0.05, 0.1) is 12.2 Å². The molecule has 0 fully saturated rings. The number of unbranched alkanes of at least 4 members (excludes halogenated alkanes) is 1. The SMILES string of the molecule is CCCCOc1c2cccc1Cc1cccc(c1O)Cc1cccc(c1OC(=O)c1ccccc1)Cc1cccc(c1O)C2. The van der Waals surface area contributed by atoms with Crippen LogP contribution in [0.25, 0.3) is 0 Å². The third kappa shape index (κ3) is 6.18. The van der Waals surface area contributed by atoms with Gasteiger partial charge in [-0.1, -0.05) is 104 Å². The van der Waals surface area contributed by atoms with Crippen molar-refractivity contribution in [1.29, 1.82) is 0 Å². The highest BCUT2D eigenvalue weighted by molar-refractivity contribution is 5.91. The van der Waals surface area contributed by atoms with Crippen LogP contribution in [0.3, 0.4) is 0 Å². The Bertz CT molecular complexity index is 1700. The zero-order valence-corrected chi connectivity index (χ0v) is 24.9. The first-order valence-corrected chi connectivity index (χ1v) is 15.2. The molecule has 5 heteroatoms. The summed E-state index contributed by atoms with van der Waals surface area (Å²) < 4.78 is 12.5. The maximum absolute atomic E-state index is 13.3. The zero-order valence-electron chi connectivity index (χ0n) is 24.9. The monoisotopic (exact) mass is 584 g/mol. The molecule has 0 aliphatic heterocycles. The molecule has 0 saturated heterocycles. The van der Waals surface area contributed by atoms with Gasteiger partial charge in [-0.3, -0.25) is 0 Å². The fourth-order valence-corrected chi connectivity index (χ4v) is 5.87. The van der Waals surface area contributed by atoms with Gasteiger partial charge in [0, 0.05) is 25.7 Å². The molecule has 2 N–H and O–H groups in total. The molecule has 1 aliphatic rings. The molecule has 0 heterocycles. The molecular formula is C39H36O5. The molecule has 1 aliphatic carbocycles. The number of hydrogen-bond acceptors (Lipinski definition) is 5. The molecule has 0 unspecified atom stereocenters. The summed E-state index contributed by atoms with van der Waals surface area (Å²) in [6.07, 6.45) is 3.64. The van der Waals surface area contributed by atoms with E-state index in [-0.39, 0.29) is 11.5 Å². The Morgan fingerprint density at radius 2 is 0.977 bits per heavy atom. The van der Waals surface area contributed by atoms with Gasteiger partial charge >= 0.3 is 5.97 Å². The normalized spacial score (nSPS) is 12.4. The van der Waals surface area contributed by atoms with Gasteiger partial charge in [0.15, 0.2) is 0 Å². The molecule has 0 aromatic heterocycles. The molecule has 44 heavy (non-hydrogen) atoms. The molecule has 0 amide bonds. The van der Waals surface area contributed by atoms with E-state index in [2.05, 4.69) is 6.92 Å². The molecule has 222 valence electrons. The second kappa shape index (κ2) is 13.1. The van der Waals surface area contributed by atoms with Crippen LogP contribution in [0.5, 0.6) is 23.0 Å². The Morgan fingerprint density at radius 1 is 0.568 bits per heavy atom. The Morgan fingerprint density at radius 3 is 1.41 bits per heavy atom. The van der Waals surface area contributed by atoms with Crippen LogP contribution in [0, 0.1) is 0 Å². The van der Waals surface area contributed by atoms with Crippen LogP contribution in [0.15, 0.2) is 103 Å². The molecular weight excluding hydrogens is 548 g/mol. The van der Waals surface area contributed by atoms with Crippen molar-refractivity contribution in [3.63, 3.8) is 0 Å². The first-order valence-electron chi connectivity index (χ1n) is 15.2. The summed E-state index contributed by atoms with van der Waals surface area (Å²) >= 11 is 0. The van der Waals surface area contributed by atoms with E-state index in [1.807, 2.05) is 78.9 Å². The van der Waals surface area contributed by atoms with E-state index in [1.54, 1.807) is 24.3 Å². The van der Waals surface area contributed by atoms with E-state index in [0.717, 1.165) is 63.1 Å². The lowest BCUT2D eigenvalue weighted by Gasteiger charge is -2.20. The van der Waals surface area contributed by atoms with E-state index >= 15 is 0 Å². The van der Waals surface area contributed by atoms with E-state index in [0.29, 0.717) is 43.6 Å². The Hall–Kier alpha value is -5.03. The fourth-order valence-electron chi connectivity index (χ4n) is 5.87. The number of phenols is 2. The van der Waals surface area contributed by atoms with Gasteiger partial charge < -0.3 is 19.7 Å². The van der Waals surface area contributed by atoms with E-state index in [4.69, 9.17) is 9.47 Å². The van der Waals surface area contributed by atoms with Crippen molar-refractivity contribution in [2.45, 2.75) is 45.4 Å². The summed E-state index contributed by atoms with van der Waals surface area (Å²) in [7, 11) is 0. The Balaban J connectivity index is 1.50. The predicted molar refractivity (Wildman–Crippen MR) is 172 cm³/mol. The van der Waals surface area contributed by atoms with Crippen LogP contribution < -0.4 is 9.47 Å². The van der Waals surface area contributed by atoms with E-state index < -0.39 is 5.97 Å². The number of phenolic OH excluding ortho intramolecular Hbond substituents is 2. The molecule has 0 radical (unpaired) electrons. The van der Waals surface area contributed by atoms with Crippen LogP contribution in [-0.2, 0) is 25.7 Å². The third-order valence-corrected chi connectivity index (χ3v) is 8.23. The van der Waals surface area contributed by atoms with Gasteiger partial charge in [-0.15, -0.1) is 0 Å². The van der Waals surface area contributed by atoms with Crippen LogP contribution in [0.2, 0.25) is 0 Å². The lowest BCUT2D eigenvalue weighted by Crippen LogP contribution is -2.12. The van der Waals surface area contributed by atoms with Crippen molar-refractivity contribution < 1.29 is 24.5 Å². The third-order valence-electron chi connectivity index (χ3n) is 8.23. The number of para-hydroxylation sites is 4. The minimum atomic E-state index is -0.460. The van der Waals surface area contributed by atoms with E-state index in [9.17, 15) is 15.0 Å². The molecule has 5 aromatic carbocycles. The maximum Gasteiger partial charge on any atom is 0.343 e. The van der Waals surface area contributed by atoms with Gasteiger partial charge in [-0.05, 0) is 63.1 Å². The zero-order chi connectivity index (χ0) is 30.5. The van der Waals surface area contributed by atoms with Crippen molar-refractivity contribution in [2.75, 3.05) is 6.61 Å². The Labute approximate surface area is 258 Å². The summed E-state index contributed by atoms with van der Waals surface area (Å²) in [6, 6.07) is 32.4. The van der Waals surface area contributed by atoms with Crippen molar-refractivity contribution >= 4 is 5.97 Å². The molecule has 6 rings (SSSR count). The minimum absolute atomic E-state index is 0.220. The van der Waals surface area contributed by atoms with Crippen molar-refractivity contribution in [3.05, 3.63) is 153 Å². The second-order valence-electron chi connectivity index (χ2n) is 11.3. The standard InChI is InChI=1S/C39H36O5/c1-2-3-21-43-37-31-17-9-18-32(37)23-28-14-8-16-30(36(28)41)25-34-20-10-19-33(24-29-15-7-13-27(22-31)35(29)40)38(34)44-39(42)26-11-5-4-6-12-26/h4-20,40-41H,2-3,21-25H2,1H3. The topological polar surface area (TPSA) is 76.0 Å². The first kappa shape index (κ1) is 29.1. The smallest absolute Gasteiger partial charge is 0.343 e. The van der Waals surface area contributed by atoms with Crippen LogP contribution in [0.1, 0.15) is 74.6 Å². The largest absolute Gasteiger partial charge is 0.507 e. The summed E-state index contributed by atoms with van der Waals surface area (Å²) in [5.41, 5.74) is 6.99. The van der Waals surface area contributed by atoms with Crippen molar-refractivity contribution in [1.82, 2.24) is 0 Å². The maximum atomic E-state index is 13.3. The lowest BCUT2D eigenvalue weighted by molar-refractivity contribution is 0.0731. The summed E-state index contributed by atoms with van der Waals surface area (Å²) in [5.74, 6) is 1.23. The summed E-state index contributed by atoms with van der Waals surface area (Å²) in [5, 5.41) is 23.1. The van der Waals surface area contributed by atoms with Crippen LogP contribution in [0.4, 0.5) is 0 Å². The van der Waals surface area contributed by atoms with Crippen LogP contribution in [-0.4, -0.2) is 22.8 Å². The number of fused-ring (bicyclic) bond motifs is 8. The minimum Gasteiger partial charge on any atom is -0.507 e. The molecule has 0 saturated carbocycles. The number of esters is 1. The molecule has 0 spiro atoms. The number of rotatable bonds is 6. The highest BCUT2D eigenvalue weighted by Gasteiger charge is 2.21. The second-order valence-corrected chi connectivity index (χ2v) is 11.3. The number of carbonyl (C=O) groups is 1. The van der Waals surface area contributed by atoms with Crippen molar-refractivity contribution in [3.8, 4) is 23.0 Å². The van der Waals surface area contributed by atoms with Gasteiger partial charge in [-0.2, -0.15) is 0 Å². The number of hydrogen-bond donors (Lipinski definition) is 2. The average molecular weight is 585 g/mol. The first-order chi connectivity index (χ1) is 21.5. The van der Waals surface area contributed by atoms with Gasteiger partial charge in [0.2, 0.25) is 0 Å². The highest BCUT2D eigenvalue weighted by Crippen LogP contribution is 2.38. The molecule has 0 atom stereocenters. The van der Waals surface area contributed by atoms with Crippen LogP contribution >= 0.6 is 0 Å². The number of ether oxygens (including phenoxy) is 2. The molecule has 8 bridgehead atoms. The molecule has 5 aromatic rings. The number of benzene rings is 5. The number of aromatic hydroxyl groups is 2. The fraction of sp³-hybridized carbons (Fsp3) is 0.205. The van der Waals surface area contributed by atoms with Gasteiger partial charge in [0.25, 0.3) is 0 Å². The summed E-state index contributed by atoms with van der Waals surface area (Å²) in [6.45, 7) is 2.73. The number of carbonyl (C=O) groups excluding carboxylic acids is 1. The highest BCUT2D eigenvalue weighted by atomic mass is 16.5. The quantitative estimate of drug-likeness (QED) is 0.117. The molecule has 5 nitrogen and oxygen atoms in total. The predicted octanol–water partition coefficient (Wildman–Crippen LogP) is 8.17. The van der Waals surface area contributed by atoms with Crippen molar-refractivity contribution in [2.24, 2.45) is 0 Å². The summed E-state index contributed by atoms with van der Waals surface area (Å²) in [4.78, 5) is 13.3. The average Bonchev–Trinajstić information content (AvgIpc) is 3.03. The Kier molecular flexibility index (Phi) is 8.64. The lowest BCUT2D eigenvalue weighted by atomic mass is 9.91. The van der Waals surface area contributed by atoms with E-state index in [1.165, 1.54) is 0 Å².